The number of carbonyl (C=O) groups is 1. The minimum absolute atomic E-state index is 0.00908. The van der Waals surface area contributed by atoms with Gasteiger partial charge in [0.2, 0.25) is 0 Å². The third-order valence-corrected chi connectivity index (χ3v) is 2.68. The second kappa shape index (κ2) is 8.31. The van der Waals surface area contributed by atoms with E-state index in [2.05, 4.69) is 11.8 Å². The van der Waals surface area contributed by atoms with Crippen molar-refractivity contribution >= 4 is 5.91 Å². The SMILES string of the molecule is CCCN(CCO)C(=O)c1ccc(C#CCN)cc1F. The van der Waals surface area contributed by atoms with Gasteiger partial charge in [-0.15, -0.1) is 0 Å². The van der Waals surface area contributed by atoms with E-state index >= 15 is 0 Å². The minimum atomic E-state index is -0.613. The van der Waals surface area contributed by atoms with E-state index in [9.17, 15) is 9.18 Å². The molecule has 0 aromatic heterocycles. The number of hydrogen-bond acceptors (Lipinski definition) is 3. The maximum atomic E-state index is 14.0. The second-order valence-electron chi connectivity index (χ2n) is 4.22. The highest BCUT2D eigenvalue weighted by atomic mass is 19.1. The van der Waals surface area contributed by atoms with Gasteiger partial charge in [0.25, 0.3) is 5.91 Å². The summed E-state index contributed by atoms with van der Waals surface area (Å²) in [7, 11) is 0. The number of benzene rings is 1. The number of aliphatic hydroxyl groups is 1. The third-order valence-electron chi connectivity index (χ3n) is 2.68. The molecule has 0 heterocycles. The van der Waals surface area contributed by atoms with Crippen molar-refractivity contribution in [2.75, 3.05) is 26.2 Å². The molecule has 0 bridgehead atoms. The van der Waals surface area contributed by atoms with Crippen LogP contribution in [0.2, 0.25) is 0 Å². The summed E-state index contributed by atoms with van der Waals surface area (Å²) in [5.41, 5.74) is 5.72. The Kier molecular flexibility index (Phi) is 6.71. The van der Waals surface area contributed by atoms with Crippen LogP contribution in [0.3, 0.4) is 0 Å². The highest BCUT2D eigenvalue weighted by molar-refractivity contribution is 5.94. The Hall–Kier alpha value is -1.90. The Morgan fingerprint density at radius 3 is 2.75 bits per heavy atom. The maximum absolute atomic E-state index is 14.0. The van der Waals surface area contributed by atoms with E-state index in [-0.39, 0.29) is 25.3 Å². The molecule has 3 N–H and O–H groups in total. The van der Waals surface area contributed by atoms with Gasteiger partial charge in [-0.1, -0.05) is 18.8 Å². The van der Waals surface area contributed by atoms with Crippen LogP contribution in [0, 0.1) is 17.7 Å². The van der Waals surface area contributed by atoms with Crippen molar-refractivity contribution in [1.29, 1.82) is 0 Å². The molecule has 0 radical (unpaired) electrons. The van der Waals surface area contributed by atoms with Crippen LogP contribution >= 0.6 is 0 Å². The average Bonchev–Trinajstić information content (AvgIpc) is 2.44. The first kappa shape index (κ1) is 16.2. The highest BCUT2D eigenvalue weighted by Gasteiger charge is 2.18. The summed E-state index contributed by atoms with van der Waals surface area (Å²) in [5.74, 6) is 4.30. The summed E-state index contributed by atoms with van der Waals surface area (Å²) in [5, 5.41) is 8.95. The van der Waals surface area contributed by atoms with Crippen LogP contribution in [0.4, 0.5) is 4.39 Å². The smallest absolute Gasteiger partial charge is 0.256 e. The van der Waals surface area contributed by atoms with Crippen molar-refractivity contribution in [2.45, 2.75) is 13.3 Å². The molecule has 0 aliphatic carbocycles. The van der Waals surface area contributed by atoms with Gasteiger partial charge in [-0.2, -0.15) is 0 Å². The zero-order valence-electron chi connectivity index (χ0n) is 11.5. The molecule has 0 aliphatic rings. The summed E-state index contributed by atoms with van der Waals surface area (Å²) < 4.78 is 14.0. The van der Waals surface area contributed by atoms with E-state index in [0.29, 0.717) is 12.1 Å². The van der Waals surface area contributed by atoms with Crippen molar-refractivity contribution in [3.63, 3.8) is 0 Å². The van der Waals surface area contributed by atoms with Gasteiger partial charge in [0.05, 0.1) is 18.7 Å². The highest BCUT2D eigenvalue weighted by Crippen LogP contribution is 2.13. The summed E-state index contributed by atoms with van der Waals surface area (Å²) in [6, 6.07) is 4.22. The van der Waals surface area contributed by atoms with Crippen LogP contribution in [0.5, 0.6) is 0 Å². The van der Waals surface area contributed by atoms with Crippen molar-refractivity contribution in [3.05, 3.63) is 35.1 Å². The zero-order chi connectivity index (χ0) is 15.0. The van der Waals surface area contributed by atoms with Crippen molar-refractivity contribution in [3.8, 4) is 11.8 Å². The van der Waals surface area contributed by atoms with Gasteiger partial charge in [0.15, 0.2) is 0 Å². The molecule has 1 aromatic carbocycles. The van der Waals surface area contributed by atoms with Crippen LogP contribution in [0.25, 0.3) is 0 Å². The molecule has 0 saturated heterocycles. The Bertz CT molecular complexity index is 514. The first-order chi connectivity index (χ1) is 9.63. The van der Waals surface area contributed by atoms with Gasteiger partial charge in [-0.3, -0.25) is 4.79 Å². The van der Waals surface area contributed by atoms with Crippen molar-refractivity contribution < 1.29 is 14.3 Å². The molecule has 108 valence electrons. The number of rotatable bonds is 5. The Morgan fingerprint density at radius 2 is 2.20 bits per heavy atom. The Labute approximate surface area is 118 Å². The second-order valence-corrected chi connectivity index (χ2v) is 4.22. The van der Waals surface area contributed by atoms with Gasteiger partial charge >= 0.3 is 0 Å². The van der Waals surface area contributed by atoms with Crippen molar-refractivity contribution in [1.82, 2.24) is 4.90 Å². The molecule has 20 heavy (non-hydrogen) atoms. The van der Waals surface area contributed by atoms with Crippen LogP contribution in [-0.2, 0) is 0 Å². The molecule has 0 aliphatic heterocycles. The fraction of sp³-hybridized carbons (Fsp3) is 0.400. The molecule has 0 spiro atoms. The average molecular weight is 278 g/mol. The topological polar surface area (TPSA) is 66.6 Å². The molecule has 5 heteroatoms. The van der Waals surface area contributed by atoms with E-state index in [1.165, 1.54) is 17.0 Å². The van der Waals surface area contributed by atoms with Crippen molar-refractivity contribution in [2.24, 2.45) is 5.73 Å². The molecule has 1 amide bonds. The summed E-state index contributed by atoms with van der Waals surface area (Å²) in [4.78, 5) is 13.6. The van der Waals surface area contributed by atoms with Gasteiger partial charge in [0, 0.05) is 18.7 Å². The molecule has 4 nitrogen and oxygen atoms in total. The van der Waals surface area contributed by atoms with Gasteiger partial charge in [-0.25, -0.2) is 4.39 Å². The van der Waals surface area contributed by atoms with E-state index in [0.717, 1.165) is 6.42 Å². The zero-order valence-corrected chi connectivity index (χ0v) is 11.5. The van der Waals surface area contributed by atoms with Crippen LogP contribution in [-0.4, -0.2) is 42.2 Å². The molecular weight excluding hydrogens is 259 g/mol. The molecule has 0 unspecified atom stereocenters. The first-order valence-corrected chi connectivity index (χ1v) is 6.52. The van der Waals surface area contributed by atoms with Crippen LogP contribution < -0.4 is 5.73 Å². The van der Waals surface area contributed by atoms with Gasteiger partial charge in [0.1, 0.15) is 5.82 Å². The van der Waals surface area contributed by atoms with Crippen LogP contribution in [0.15, 0.2) is 18.2 Å². The first-order valence-electron chi connectivity index (χ1n) is 6.52. The lowest BCUT2D eigenvalue weighted by Gasteiger charge is -2.21. The molecule has 0 atom stereocenters. The van der Waals surface area contributed by atoms with Gasteiger partial charge in [-0.05, 0) is 24.6 Å². The molecular formula is C15H19FN2O2. The van der Waals surface area contributed by atoms with E-state index in [4.69, 9.17) is 10.8 Å². The number of aliphatic hydroxyl groups excluding tert-OH is 1. The largest absolute Gasteiger partial charge is 0.395 e. The summed E-state index contributed by atoms with van der Waals surface area (Å²) >= 11 is 0. The number of amides is 1. The van der Waals surface area contributed by atoms with Crippen LogP contribution in [0.1, 0.15) is 29.3 Å². The lowest BCUT2D eigenvalue weighted by atomic mass is 10.1. The van der Waals surface area contributed by atoms with Gasteiger partial charge < -0.3 is 15.7 Å². The molecule has 0 fully saturated rings. The number of nitrogens with two attached hydrogens (primary N) is 1. The third kappa shape index (κ3) is 4.34. The quantitative estimate of drug-likeness (QED) is 0.789. The van der Waals surface area contributed by atoms with E-state index in [1.807, 2.05) is 6.92 Å². The Balaban J connectivity index is 2.97. The van der Waals surface area contributed by atoms with E-state index < -0.39 is 11.7 Å². The maximum Gasteiger partial charge on any atom is 0.256 e. The normalized spacial score (nSPS) is 9.80. The standard InChI is InChI=1S/C15H19FN2O2/c1-2-8-18(9-10-19)15(20)13-6-5-12(4-3-7-17)11-14(13)16/h5-6,11,19H,2,7-10,17H2,1H3. The molecule has 1 rings (SSSR count). The molecule has 0 saturated carbocycles. The predicted octanol–water partition coefficient (Wildman–Crippen LogP) is 0.980. The molecule has 1 aromatic rings. The van der Waals surface area contributed by atoms with E-state index in [1.54, 1.807) is 6.07 Å². The summed E-state index contributed by atoms with van der Waals surface area (Å²) in [6.07, 6.45) is 0.743. The lowest BCUT2D eigenvalue weighted by Crippen LogP contribution is -2.34. The lowest BCUT2D eigenvalue weighted by molar-refractivity contribution is 0.0717. The Morgan fingerprint density at radius 1 is 1.45 bits per heavy atom. The predicted molar refractivity (Wildman–Crippen MR) is 75.6 cm³/mol. The minimum Gasteiger partial charge on any atom is -0.395 e. The summed E-state index contributed by atoms with van der Waals surface area (Å²) in [6.45, 7) is 2.64. The fourth-order valence-corrected chi connectivity index (χ4v) is 1.80. The number of nitrogens with zero attached hydrogens (tertiary/aromatic N) is 1. The number of carbonyl (C=O) groups excluding carboxylic acids is 1. The number of hydrogen-bond donors (Lipinski definition) is 2. The number of halogens is 1. The fourth-order valence-electron chi connectivity index (χ4n) is 1.80. The monoisotopic (exact) mass is 278 g/mol.